The van der Waals surface area contributed by atoms with E-state index in [-0.39, 0.29) is 24.2 Å². The second-order valence-electron chi connectivity index (χ2n) is 8.05. The van der Waals surface area contributed by atoms with Crippen LogP contribution in [0.1, 0.15) is 59.4 Å². The van der Waals surface area contributed by atoms with Crippen LogP contribution in [0.3, 0.4) is 0 Å². The fourth-order valence-corrected chi connectivity index (χ4v) is 4.39. The predicted octanol–water partition coefficient (Wildman–Crippen LogP) is 2.99. The van der Waals surface area contributed by atoms with Gasteiger partial charge in [-0.2, -0.15) is 5.10 Å². The van der Waals surface area contributed by atoms with Crippen LogP contribution in [-0.4, -0.2) is 40.0 Å². The van der Waals surface area contributed by atoms with Crippen LogP contribution in [-0.2, 0) is 24.2 Å². The van der Waals surface area contributed by atoms with Crippen molar-refractivity contribution in [1.82, 2.24) is 20.4 Å². The Balaban J connectivity index is 1.26. The molecule has 0 spiro atoms. The Kier molecular flexibility index (Phi) is 5.92. The van der Waals surface area contributed by atoms with Crippen molar-refractivity contribution in [1.29, 1.82) is 0 Å². The van der Waals surface area contributed by atoms with Crippen molar-refractivity contribution in [2.45, 2.75) is 51.5 Å². The standard InChI is InChI=1S/C22H27FN4O2/c23-18-8-2-1-6-16(18)13-24-20(28)11-10-15-5-4-12-27(14-15)22(29)21-17-7-3-9-19(17)25-26-21/h1-2,6,8,15H,3-5,7,9-14H2,(H,24,28)(H,25,26). The molecule has 6 nitrogen and oxygen atoms in total. The zero-order valence-corrected chi connectivity index (χ0v) is 16.5. The Morgan fingerprint density at radius 1 is 1.24 bits per heavy atom. The molecule has 1 aliphatic carbocycles. The molecule has 29 heavy (non-hydrogen) atoms. The number of halogens is 1. The molecule has 2 amide bonds. The quantitative estimate of drug-likeness (QED) is 0.785. The summed E-state index contributed by atoms with van der Waals surface area (Å²) in [6.07, 6.45) is 6.05. The number of hydrogen-bond acceptors (Lipinski definition) is 3. The van der Waals surface area contributed by atoms with E-state index in [9.17, 15) is 14.0 Å². The summed E-state index contributed by atoms with van der Waals surface area (Å²) >= 11 is 0. The Hall–Kier alpha value is -2.70. The molecule has 2 aliphatic rings. The first-order valence-electron chi connectivity index (χ1n) is 10.5. The highest BCUT2D eigenvalue weighted by molar-refractivity contribution is 5.94. The van der Waals surface area contributed by atoms with Crippen molar-refractivity contribution in [2.75, 3.05) is 13.1 Å². The Morgan fingerprint density at radius 2 is 2.10 bits per heavy atom. The van der Waals surface area contributed by atoms with Crippen molar-refractivity contribution in [2.24, 2.45) is 5.92 Å². The maximum Gasteiger partial charge on any atom is 0.274 e. The van der Waals surface area contributed by atoms with E-state index < -0.39 is 0 Å². The molecule has 1 aromatic heterocycles. The number of H-pyrrole nitrogens is 1. The lowest BCUT2D eigenvalue weighted by Crippen LogP contribution is -2.40. The highest BCUT2D eigenvalue weighted by atomic mass is 19.1. The molecule has 1 fully saturated rings. The number of amides is 2. The summed E-state index contributed by atoms with van der Waals surface area (Å²) in [6, 6.07) is 6.46. The lowest BCUT2D eigenvalue weighted by Gasteiger charge is -2.32. The van der Waals surface area contributed by atoms with Crippen LogP contribution < -0.4 is 5.32 Å². The number of fused-ring (bicyclic) bond motifs is 1. The van der Waals surface area contributed by atoms with Gasteiger partial charge in [-0.3, -0.25) is 14.7 Å². The van der Waals surface area contributed by atoms with Crippen molar-refractivity contribution < 1.29 is 14.0 Å². The first-order chi connectivity index (χ1) is 14.1. The molecule has 0 bridgehead atoms. The number of hydrogen-bond donors (Lipinski definition) is 2. The van der Waals surface area contributed by atoms with E-state index in [0.29, 0.717) is 30.1 Å². The number of likely N-dealkylation sites (tertiary alicyclic amines) is 1. The highest BCUT2D eigenvalue weighted by Crippen LogP contribution is 2.26. The number of nitrogens with one attached hydrogen (secondary N) is 2. The summed E-state index contributed by atoms with van der Waals surface area (Å²) in [5.41, 5.74) is 3.26. The monoisotopic (exact) mass is 398 g/mol. The first-order valence-corrected chi connectivity index (χ1v) is 10.5. The zero-order valence-electron chi connectivity index (χ0n) is 16.5. The van der Waals surface area contributed by atoms with Crippen molar-refractivity contribution in [3.63, 3.8) is 0 Å². The van der Waals surface area contributed by atoms with Crippen LogP contribution in [0.2, 0.25) is 0 Å². The van der Waals surface area contributed by atoms with E-state index in [1.165, 1.54) is 6.07 Å². The average molecular weight is 398 g/mol. The van der Waals surface area contributed by atoms with Crippen LogP contribution in [0.4, 0.5) is 4.39 Å². The molecular weight excluding hydrogens is 371 g/mol. The summed E-state index contributed by atoms with van der Waals surface area (Å²) < 4.78 is 13.6. The topological polar surface area (TPSA) is 78.1 Å². The van der Waals surface area contributed by atoms with Gasteiger partial charge in [0.1, 0.15) is 5.82 Å². The second-order valence-corrected chi connectivity index (χ2v) is 8.05. The van der Waals surface area contributed by atoms with E-state index >= 15 is 0 Å². The third kappa shape index (κ3) is 4.49. The molecule has 2 N–H and O–H groups in total. The second kappa shape index (κ2) is 8.76. The summed E-state index contributed by atoms with van der Waals surface area (Å²) in [5, 5.41) is 10.1. The molecule has 1 saturated heterocycles. The maximum atomic E-state index is 13.6. The SMILES string of the molecule is O=C(CCC1CCCN(C(=O)c2n[nH]c3c2CCC3)C1)NCc1ccccc1F. The van der Waals surface area contributed by atoms with Gasteiger partial charge in [0.25, 0.3) is 5.91 Å². The van der Waals surface area contributed by atoms with E-state index in [0.717, 1.165) is 56.3 Å². The molecule has 1 aromatic carbocycles. The average Bonchev–Trinajstić information content (AvgIpc) is 3.35. The summed E-state index contributed by atoms with van der Waals surface area (Å²) in [7, 11) is 0. The van der Waals surface area contributed by atoms with Crippen LogP contribution in [0.15, 0.2) is 24.3 Å². The van der Waals surface area contributed by atoms with Gasteiger partial charge in [0.15, 0.2) is 5.69 Å². The molecule has 1 atom stereocenters. The largest absolute Gasteiger partial charge is 0.352 e. The highest BCUT2D eigenvalue weighted by Gasteiger charge is 2.30. The molecular formula is C22H27FN4O2. The molecule has 0 radical (unpaired) electrons. The van der Waals surface area contributed by atoms with Crippen LogP contribution in [0.25, 0.3) is 0 Å². The van der Waals surface area contributed by atoms with Gasteiger partial charge in [-0.05, 0) is 50.5 Å². The fraction of sp³-hybridized carbons (Fsp3) is 0.500. The Bertz CT molecular complexity index is 895. The maximum absolute atomic E-state index is 13.6. The van der Waals surface area contributed by atoms with Crippen molar-refractivity contribution >= 4 is 11.8 Å². The van der Waals surface area contributed by atoms with Crippen LogP contribution in [0.5, 0.6) is 0 Å². The lowest BCUT2D eigenvalue weighted by atomic mass is 9.93. The number of rotatable bonds is 6. The van der Waals surface area contributed by atoms with E-state index in [1.807, 2.05) is 4.90 Å². The minimum Gasteiger partial charge on any atom is -0.352 e. The Labute approximate surface area is 169 Å². The molecule has 1 aliphatic heterocycles. The molecule has 1 unspecified atom stereocenters. The molecule has 154 valence electrons. The lowest BCUT2D eigenvalue weighted by molar-refractivity contribution is -0.121. The number of piperidine rings is 1. The van der Waals surface area contributed by atoms with Gasteiger partial charge in [0, 0.05) is 42.9 Å². The van der Waals surface area contributed by atoms with Crippen molar-refractivity contribution in [3.05, 3.63) is 52.6 Å². The van der Waals surface area contributed by atoms with Gasteiger partial charge < -0.3 is 10.2 Å². The normalized spacial score (nSPS) is 18.5. The molecule has 7 heteroatoms. The summed E-state index contributed by atoms with van der Waals surface area (Å²) in [5.74, 6) is -0.0714. The van der Waals surface area contributed by atoms with Gasteiger partial charge >= 0.3 is 0 Å². The minimum absolute atomic E-state index is 0.0121. The molecule has 4 rings (SSSR count). The minimum atomic E-state index is -0.306. The van der Waals surface area contributed by atoms with Gasteiger partial charge in [-0.15, -0.1) is 0 Å². The number of nitrogens with zero attached hydrogens (tertiary/aromatic N) is 2. The zero-order chi connectivity index (χ0) is 20.2. The Morgan fingerprint density at radius 3 is 2.97 bits per heavy atom. The van der Waals surface area contributed by atoms with E-state index in [2.05, 4.69) is 15.5 Å². The van der Waals surface area contributed by atoms with Gasteiger partial charge in [0.05, 0.1) is 0 Å². The van der Waals surface area contributed by atoms with Crippen LogP contribution >= 0.6 is 0 Å². The van der Waals surface area contributed by atoms with Crippen LogP contribution in [0, 0.1) is 11.7 Å². The van der Waals surface area contributed by atoms with E-state index in [1.54, 1.807) is 18.2 Å². The number of aryl methyl sites for hydroxylation is 1. The molecule has 2 heterocycles. The van der Waals surface area contributed by atoms with Gasteiger partial charge in [-0.1, -0.05) is 18.2 Å². The van der Waals surface area contributed by atoms with Gasteiger partial charge in [0.2, 0.25) is 5.91 Å². The summed E-state index contributed by atoms with van der Waals surface area (Å²) in [6.45, 7) is 1.61. The third-order valence-corrected chi connectivity index (χ3v) is 6.03. The number of aromatic nitrogens is 2. The number of carbonyl (C=O) groups excluding carboxylic acids is 2. The van der Waals surface area contributed by atoms with Crippen molar-refractivity contribution in [3.8, 4) is 0 Å². The first kappa shape index (κ1) is 19.6. The summed E-state index contributed by atoms with van der Waals surface area (Å²) in [4.78, 5) is 27.0. The molecule has 0 saturated carbocycles. The fourth-order valence-electron chi connectivity index (χ4n) is 4.39. The smallest absolute Gasteiger partial charge is 0.274 e. The number of aromatic amines is 1. The predicted molar refractivity (Wildman–Crippen MR) is 107 cm³/mol. The molecule has 2 aromatic rings. The van der Waals surface area contributed by atoms with Gasteiger partial charge in [-0.25, -0.2) is 4.39 Å². The van der Waals surface area contributed by atoms with E-state index in [4.69, 9.17) is 0 Å². The number of carbonyl (C=O) groups is 2. The number of benzene rings is 1. The third-order valence-electron chi connectivity index (χ3n) is 6.03.